The predicted molar refractivity (Wildman–Crippen MR) is 82.1 cm³/mol. The predicted octanol–water partition coefficient (Wildman–Crippen LogP) is 2.62. The van der Waals surface area contributed by atoms with Crippen molar-refractivity contribution in [2.75, 3.05) is 37.7 Å². The molecule has 1 aliphatic heterocycles. The number of aldehydes is 1. The highest BCUT2D eigenvalue weighted by Gasteiger charge is 2.22. The summed E-state index contributed by atoms with van der Waals surface area (Å²) in [6, 6.07) is 5.79. The smallest absolute Gasteiger partial charge is 0.152 e. The standard InChI is InChI=1S/C14H18Cl2N2O2/c1-2-20-13-9-11(3-4-12(13)15)17-5-7-18(8-6-17)14(16)10-19/h3-4,9-10,14H,2,5-8H2,1H3. The van der Waals surface area contributed by atoms with E-state index in [1.807, 2.05) is 30.0 Å². The van der Waals surface area contributed by atoms with Gasteiger partial charge in [0, 0.05) is 37.9 Å². The fourth-order valence-corrected chi connectivity index (χ4v) is 2.63. The average molecular weight is 317 g/mol. The van der Waals surface area contributed by atoms with E-state index in [0.29, 0.717) is 17.4 Å². The van der Waals surface area contributed by atoms with Crippen molar-refractivity contribution in [3.05, 3.63) is 23.2 Å². The molecule has 1 unspecified atom stereocenters. The number of ether oxygens (including phenoxy) is 1. The van der Waals surface area contributed by atoms with Crippen molar-refractivity contribution < 1.29 is 9.53 Å². The maximum Gasteiger partial charge on any atom is 0.152 e. The summed E-state index contributed by atoms with van der Waals surface area (Å²) in [4.78, 5) is 14.9. The lowest BCUT2D eigenvalue weighted by atomic mass is 10.2. The average Bonchev–Trinajstić information content (AvgIpc) is 2.49. The fourth-order valence-electron chi connectivity index (χ4n) is 2.27. The van der Waals surface area contributed by atoms with Gasteiger partial charge < -0.3 is 14.4 Å². The number of benzene rings is 1. The number of anilines is 1. The van der Waals surface area contributed by atoms with Crippen LogP contribution in [0.3, 0.4) is 0 Å². The Morgan fingerprint density at radius 1 is 1.35 bits per heavy atom. The van der Waals surface area contributed by atoms with Gasteiger partial charge in [-0.25, -0.2) is 0 Å². The molecule has 1 saturated heterocycles. The lowest BCUT2D eigenvalue weighted by molar-refractivity contribution is -0.110. The van der Waals surface area contributed by atoms with E-state index in [1.54, 1.807) is 0 Å². The Hall–Kier alpha value is -0.970. The quantitative estimate of drug-likeness (QED) is 0.475. The molecule has 0 bridgehead atoms. The third-order valence-corrected chi connectivity index (χ3v) is 4.05. The number of halogens is 2. The van der Waals surface area contributed by atoms with Gasteiger partial charge in [-0.1, -0.05) is 23.2 Å². The molecule has 1 heterocycles. The second-order valence-electron chi connectivity index (χ2n) is 4.58. The highest BCUT2D eigenvalue weighted by molar-refractivity contribution is 6.32. The van der Waals surface area contributed by atoms with Gasteiger partial charge in [-0.05, 0) is 19.1 Å². The maximum atomic E-state index is 10.7. The molecule has 1 aliphatic rings. The minimum atomic E-state index is -0.527. The normalized spacial score (nSPS) is 17.9. The highest BCUT2D eigenvalue weighted by Crippen LogP contribution is 2.30. The summed E-state index contributed by atoms with van der Waals surface area (Å²) >= 11 is 12.0. The van der Waals surface area contributed by atoms with E-state index in [2.05, 4.69) is 4.90 Å². The summed E-state index contributed by atoms with van der Waals surface area (Å²) < 4.78 is 5.51. The number of carbonyl (C=O) groups is 1. The van der Waals surface area contributed by atoms with Crippen LogP contribution in [0.5, 0.6) is 5.75 Å². The van der Waals surface area contributed by atoms with Gasteiger partial charge in [0.2, 0.25) is 0 Å². The van der Waals surface area contributed by atoms with Crippen molar-refractivity contribution in [1.29, 1.82) is 0 Å². The molecule has 0 radical (unpaired) electrons. The minimum Gasteiger partial charge on any atom is -0.492 e. The van der Waals surface area contributed by atoms with Crippen LogP contribution in [-0.2, 0) is 4.79 Å². The monoisotopic (exact) mass is 316 g/mol. The first-order valence-corrected chi connectivity index (χ1v) is 7.48. The van der Waals surface area contributed by atoms with E-state index in [1.165, 1.54) is 0 Å². The molecular formula is C14H18Cl2N2O2. The second kappa shape index (κ2) is 7.16. The molecule has 1 aromatic carbocycles. The van der Waals surface area contributed by atoms with Gasteiger partial charge in [-0.2, -0.15) is 0 Å². The summed E-state index contributed by atoms with van der Waals surface area (Å²) in [5, 5.41) is 0.621. The Balaban J connectivity index is 2.03. The number of nitrogens with zero attached hydrogens (tertiary/aromatic N) is 2. The van der Waals surface area contributed by atoms with E-state index < -0.39 is 5.50 Å². The zero-order chi connectivity index (χ0) is 14.5. The van der Waals surface area contributed by atoms with Crippen LogP contribution in [0.1, 0.15) is 6.92 Å². The van der Waals surface area contributed by atoms with Gasteiger partial charge >= 0.3 is 0 Å². The summed E-state index contributed by atoms with van der Waals surface area (Å²) in [5.74, 6) is 0.706. The molecule has 0 N–H and O–H groups in total. The number of hydrogen-bond donors (Lipinski definition) is 0. The van der Waals surface area contributed by atoms with E-state index in [9.17, 15) is 4.79 Å². The van der Waals surface area contributed by atoms with E-state index in [-0.39, 0.29) is 0 Å². The number of hydrogen-bond acceptors (Lipinski definition) is 4. The van der Waals surface area contributed by atoms with Crippen LogP contribution in [0.25, 0.3) is 0 Å². The molecule has 110 valence electrons. The summed E-state index contributed by atoms with van der Waals surface area (Å²) in [5.41, 5.74) is 0.552. The molecule has 2 rings (SSSR count). The Kier molecular flexibility index (Phi) is 5.52. The van der Waals surface area contributed by atoms with E-state index in [0.717, 1.165) is 38.2 Å². The minimum absolute atomic E-state index is 0.527. The lowest BCUT2D eigenvalue weighted by Crippen LogP contribution is -2.49. The van der Waals surface area contributed by atoms with Crippen LogP contribution in [0.2, 0.25) is 5.02 Å². The third kappa shape index (κ3) is 3.57. The zero-order valence-corrected chi connectivity index (χ0v) is 12.9. The number of carbonyl (C=O) groups excluding carboxylic acids is 1. The zero-order valence-electron chi connectivity index (χ0n) is 11.4. The molecule has 1 aromatic rings. The van der Waals surface area contributed by atoms with Gasteiger partial charge in [0.25, 0.3) is 0 Å². The van der Waals surface area contributed by atoms with Crippen molar-refractivity contribution in [3.63, 3.8) is 0 Å². The highest BCUT2D eigenvalue weighted by atomic mass is 35.5. The Bertz CT molecular complexity index is 462. The maximum absolute atomic E-state index is 10.7. The molecule has 20 heavy (non-hydrogen) atoms. The number of piperazine rings is 1. The topological polar surface area (TPSA) is 32.8 Å². The second-order valence-corrected chi connectivity index (χ2v) is 5.43. The molecule has 0 amide bonds. The number of rotatable bonds is 5. The van der Waals surface area contributed by atoms with Crippen LogP contribution >= 0.6 is 23.2 Å². The van der Waals surface area contributed by atoms with E-state index in [4.69, 9.17) is 27.9 Å². The van der Waals surface area contributed by atoms with Gasteiger partial charge in [0.05, 0.1) is 11.6 Å². The Labute approximate surface area is 129 Å². The Morgan fingerprint density at radius 2 is 2.05 bits per heavy atom. The van der Waals surface area contributed by atoms with Gasteiger partial charge in [-0.15, -0.1) is 0 Å². The van der Waals surface area contributed by atoms with Gasteiger partial charge in [-0.3, -0.25) is 4.90 Å². The molecule has 1 atom stereocenters. The molecule has 0 aromatic heterocycles. The van der Waals surface area contributed by atoms with Crippen LogP contribution in [0.15, 0.2) is 18.2 Å². The summed E-state index contributed by atoms with van der Waals surface area (Å²) in [7, 11) is 0. The lowest BCUT2D eigenvalue weighted by Gasteiger charge is -2.36. The summed E-state index contributed by atoms with van der Waals surface area (Å²) in [6.45, 7) is 5.69. The van der Waals surface area contributed by atoms with Gasteiger partial charge in [0.15, 0.2) is 6.29 Å². The van der Waals surface area contributed by atoms with E-state index >= 15 is 0 Å². The van der Waals surface area contributed by atoms with Crippen LogP contribution < -0.4 is 9.64 Å². The van der Waals surface area contributed by atoms with Crippen LogP contribution in [0, 0.1) is 0 Å². The molecule has 4 nitrogen and oxygen atoms in total. The first kappa shape index (κ1) is 15.4. The fraction of sp³-hybridized carbons (Fsp3) is 0.500. The van der Waals surface area contributed by atoms with Crippen molar-refractivity contribution in [1.82, 2.24) is 4.90 Å². The van der Waals surface area contributed by atoms with Crippen molar-refractivity contribution in [3.8, 4) is 5.75 Å². The molecular weight excluding hydrogens is 299 g/mol. The SMILES string of the molecule is CCOc1cc(N2CCN(C(Cl)C=O)CC2)ccc1Cl. The third-order valence-electron chi connectivity index (χ3n) is 3.36. The largest absolute Gasteiger partial charge is 0.492 e. The first-order valence-electron chi connectivity index (χ1n) is 6.66. The molecule has 6 heteroatoms. The molecule has 1 fully saturated rings. The molecule has 0 aliphatic carbocycles. The first-order chi connectivity index (χ1) is 9.65. The van der Waals surface area contributed by atoms with Gasteiger partial charge in [0.1, 0.15) is 11.3 Å². The van der Waals surface area contributed by atoms with Crippen LogP contribution in [-0.4, -0.2) is 49.5 Å². The van der Waals surface area contributed by atoms with Crippen molar-refractivity contribution in [2.24, 2.45) is 0 Å². The summed E-state index contributed by atoms with van der Waals surface area (Å²) in [6.07, 6.45) is 0.771. The molecule has 0 saturated carbocycles. The van der Waals surface area contributed by atoms with Crippen molar-refractivity contribution in [2.45, 2.75) is 12.4 Å². The number of alkyl halides is 1. The van der Waals surface area contributed by atoms with Crippen molar-refractivity contribution >= 4 is 35.2 Å². The van der Waals surface area contributed by atoms with Crippen LogP contribution in [0.4, 0.5) is 5.69 Å². The molecule has 0 spiro atoms. The Morgan fingerprint density at radius 3 is 2.65 bits per heavy atom.